The van der Waals surface area contributed by atoms with Crippen molar-refractivity contribution in [3.05, 3.63) is 12.2 Å². The van der Waals surface area contributed by atoms with Crippen LogP contribution >= 0.6 is 0 Å². The standard InChI is InChI=1S/C6H7NO3/c8-5-2-1-3-7(4-5)6(9)10/h1-2H,3-4H2,(H,9,10). The van der Waals surface area contributed by atoms with Gasteiger partial charge in [-0.05, 0) is 6.08 Å². The van der Waals surface area contributed by atoms with Gasteiger partial charge in [0.25, 0.3) is 0 Å². The zero-order valence-electron chi connectivity index (χ0n) is 5.28. The number of rotatable bonds is 0. The van der Waals surface area contributed by atoms with E-state index in [1.807, 2.05) is 0 Å². The van der Waals surface area contributed by atoms with Crippen molar-refractivity contribution in [3.63, 3.8) is 0 Å². The molecule has 0 aromatic carbocycles. The van der Waals surface area contributed by atoms with Gasteiger partial charge in [0.15, 0.2) is 5.78 Å². The van der Waals surface area contributed by atoms with Crippen molar-refractivity contribution in [2.24, 2.45) is 0 Å². The Morgan fingerprint density at radius 2 is 2.40 bits per heavy atom. The first-order valence-corrected chi connectivity index (χ1v) is 2.87. The maximum absolute atomic E-state index is 10.6. The van der Waals surface area contributed by atoms with Gasteiger partial charge in [-0.3, -0.25) is 9.69 Å². The van der Waals surface area contributed by atoms with Crippen LogP contribution in [-0.2, 0) is 4.79 Å². The van der Waals surface area contributed by atoms with Crippen molar-refractivity contribution in [1.29, 1.82) is 0 Å². The number of carbonyl (C=O) groups is 2. The fourth-order valence-corrected chi connectivity index (χ4v) is 0.762. The van der Waals surface area contributed by atoms with Gasteiger partial charge in [-0.15, -0.1) is 0 Å². The molecule has 10 heavy (non-hydrogen) atoms. The van der Waals surface area contributed by atoms with E-state index in [2.05, 4.69) is 0 Å². The first-order valence-electron chi connectivity index (χ1n) is 2.87. The summed E-state index contributed by atoms with van der Waals surface area (Å²) in [5, 5.41) is 8.40. The molecule has 0 atom stereocenters. The average molecular weight is 141 g/mol. The molecule has 0 saturated carbocycles. The number of nitrogens with zero attached hydrogens (tertiary/aromatic N) is 1. The van der Waals surface area contributed by atoms with E-state index in [9.17, 15) is 9.59 Å². The summed E-state index contributed by atoms with van der Waals surface area (Å²) in [6, 6.07) is 0. The number of carboxylic acid groups (broad SMARTS) is 1. The van der Waals surface area contributed by atoms with Gasteiger partial charge in [0.1, 0.15) is 0 Å². The molecule has 0 unspecified atom stereocenters. The van der Waals surface area contributed by atoms with Crippen LogP contribution in [0.15, 0.2) is 12.2 Å². The van der Waals surface area contributed by atoms with E-state index in [-0.39, 0.29) is 12.3 Å². The van der Waals surface area contributed by atoms with Crippen molar-refractivity contribution < 1.29 is 14.7 Å². The monoisotopic (exact) mass is 141 g/mol. The highest BCUT2D eigenvalue weighted by Gasteiger charge is 2.15. The topological polar surface area (TPSA) is 57.6 Å². The summed E-state index contributed by atoms with van der Waals surface area (Å²) in [4.78, 5) is 21.9. The number of hydrogen-bond acceptors (Lipinski definition) is 2. The molecule has 1 aliphatic rings. The molecular weight excluding hydrogens is 134 g/mol. The summed E-state index contributed by atoms with van der Waals surface area (Å²) in [6.45, 7) is 0.312. The lowest BCUT2D eigenvalue weighted by atomic mass is 10.2. The molecule has 0 saturated heterocycles. The fourth-order valence-electron chi connectivity index (χ4n) is 0.762. The highest BCUT2D eigenvalue weighted by molar-refractivity contribution is 5.94. The Morgan fingerprint density at radius 1 is 1.70 bits per heavy atom. The second-order valence-electron chi connectivity index (χ2n) is 2.03. The van der Waals surface area contributed by atoms with Crippen molar-refractivity contribution in [1.82, 2.24) is 4.90 Å². The largest absolute Gasteiger partial charge is 0.465 e. The molecular formula is C6H7NO3. The quantitative estimate of drug-likeness (QED) is 0.520. The molecule has 0 fully saturated rings. The van der Waals surface area contributed by atoms with Crippen LogP contribution in [0.3, 0.4) is 0 Å². The van der Waals surface area contributed by atoms with E-state index < -0.39 is 6.09 Å². The first-order chi connectivity index (χ1) is 4.70. The molecule has 0 aliphatic carbocycles. The Bertz CT molecular complexity index is 197. The molecule has 4 heteroatoms. The number of hydrogen-bond donors (Lipinski definition) is 1. The van der Waals surface area contributed by atoms with Gasteiger partial charge in [-0.2, -0.15) is 0 Å². The van der Waals surface area contributed by atoms with E-state index >= 15 is 0 Å². The molecule has 4 nitrogen and oxygen atoms in total. The lowest BCUT2D eigenvalue weighted by molar-refractivity contribution is -0.115. The Hall–Kier alpha value is -1.32. The maximum Gasteiger partial charge on any atom is 0.407 e. The van der Waals surface area contributed by atoms with Crippen molar-refractivity contribution >= 4 is 11.9 Å². The van der Waals surface area contributed by atoms with Gasteiger partial charge in [0.05, 0.1) is 6.54 Å². The van der Waals surface area contributed by atoms with E-state index in [0.29, 0.717) is 6.54 Å². The summed E-state index contributed by atoms with van der Waals surface area (Å²) >= 11 is 0. The highest BCUT2D eigenvalue weighted by Crippen LogP contribution is 1.97. The summed E-state index contributed by atoms with van der Waals surface area (Å²) in [7, 11) is 0. The highest BCUT2D eigenvalue weighted by atomic mass is 16.4. The van der Waals surface area contributed by atoms with Gasteiger partial charge in [0, 0.05) is 6.54 Å². The maximum atomic E-state index is 10.6. The van der Waals surface area contributed by atoms with E-state index in [4.69, 9.17) is 5.11 Å². The van der Waals surface area contributed by atoms with Gasteiger partial charge in [-0.1, -0.05) is 6.08 Å². The lowest BCUT2D eigenvalue weighted by Crippen LogP contribution is -2.36. The second kappa shape index (κ2) is 2.51. The van der Waals surface area contributed by atoms with Crippen molar-refractivity contribution in [2.75, 3.05) is 13.1 Å². The summed E-state index contributed by atoms with van der Waals surface area (Å²) in [5.74, 6) is -0.159. The molecule has 1 aliphatic heterocycles. The Labute approximate surface area is 57.7 Å². The van der Waals surface area contributed by atoms with Crippen molar-refractivity contribution in [3.8, 4) is 0 Å². The molecule has 0 radical (unpaired) electrons. The van der Waals surface area contributed by atoms with Gasteiger partial charge in [-0.25, -0.2) is 4.79 Å². The van der Waals surface area contributed by atoms with Crippen LogP contribution in [-0.4, -0.2) is 35.0 Å². The molecule has 0 aromatic rings. The smallest absolute Gasteiger partial charge is 0.407 e. The predicted octanol–water partition coefficient (Wildman–Crippen LogP) is 0.105. The fraction of sp³-hybridized carbons (Fsp3) is 0.333. The lowest BCUT2D eigenvalue weighted by Gasteiger charge is -2.17. The number of ketones is 1. The molecule has 0 spiro atoms. The van der Waals surface area contributed by atoms with Crippen LogP contribution in [0, 0.1) is 0 Å². The minimum absolute atomic E-state index is 0.00810. The molecule has 54 valence electrons. The molecule has 0 aromatic heterocycles. The number of amides is 1. The molecule has 1 heterocycles. The van der Waals surface area contributed by atoms with Crippen LogP contribution in [0.25, 0.3) is 0 Å². The zero-order valence-corrected chi connectivity index (χ0v) is 5.28. The predicted molar refractivity (Wildman–Crippen MR) is 33.7 cm³/mol. The molecule has 1 N–H and O–H groups in total. The van der Waals surface area contributed by atoms with Crippen LogP contribution in [0.4, 0.5) is 4.79 Å². The minimum atomic E-state index is -1.04. The zero-order chi connectivity index (χ0) is 7.56. The Morgan fingerprint density at radius 3 is 2.80 bits per heavy atom. The van der Waals surface area contributed by atoms with E-state index in [1.165, 1.54) is 6.08 Å². The molecule has 1 amide bonds. The summed E-state index contributed by atoms with van der Waals surface area (Å²) in [5.41, 5.74) is 0. The third kappa shape index (κ3) is 1.34. The average Bonchev–Trinajstić information content (AvgIpc) is 1.88. The second-order valence-corrected chi connectivity index (χ2v) is 2.03. The SMILES string of the molecule is O=C1C=CCN(C(=O)O)C1. The minimum Gasteiger partial charge on any atom is -0.465 e. The third-order valence-electron chi connectivity index (χ3n) is 1.25. The number of carbonyl (C=O) groups excluding carboxylic acids is 1. The normalized spacial score (nSPS) is 17.6. The van der Waals surface area contributed by atoms with Crippen LogP contribution < -0.4 is 0 Å². The van der Waals surface area contributed by atoms with Gasteiger partial charge >= 0.3 is 6.09 Å². The summed E-state index contributed by atoms with van der Waals surface area (Å²) < 4.78 is 0. The van der Waals surface area contributed by atoms with Crippen molar-refractivity contribution in [2.45, 2.75) is 0 Å². The Kier molecular flexibility index (Phi) is 1.71. The van der Waals surface area contributed by atoms with Crippen LogP contribution in [0.5, 0.6) is 0 Å². The van der Waals surface area contributed by atoms with Gasteiger partial charge < -0.3 is 5.11 Å². The Balaban J connectivity index is 2.60. The van der Waals surface area contributed by atoms with E-state index in [0.717, 1.165) is 4.90 Å². The third-order valence-corrected chi connectivity index (χ3v) is 1.25. The first kappa shape index (κ1) is 6.80. The van der Waals surface area contributed by atoms with Gasteiger partial charge in [0.2, 0.25) is 0 Å². The van der Waals surface area contributed by atoms with E-state index in [1.54, 1.807) is 6.08 Å². The molecule has 1 rings (SSSR count). The summed E-state index contributed by atoms with van der Waals surface area (Å²) in [6.07, 6.45) is 1.90. The van der Waals surface area contributed by atoms with Crippen LogP contribution in [0.1, 0.15) is 0 Å². The molecule has 0 bridgehead atoms. The van der Waals surface area contributed by atoms with Crippen LogP contribution in [0.2, 0.25) is 0 Å².